The quantitative estimate of drug-likeness (QED) is 0.785. The minimum absolute atomic E-state index is 0.419. The van der Waals surface area contributed by atoms with Crippen LogP contribution in [0.25, 0.3) is 10.9 Å². The Balaban J connectivity index is 2.88. The molecule has 0 atom stereocenters. The third-order valence-corrected chi connectivity index (χ3v) is 2.59. The lowest BCUT2D eigenvalue weighted by molar-refractivity contribution is 0.100. The first-order chi connectivity index (χ1) is 6.20. The van der Waals surface area contributed by atoms with Crippen molar-refractivity contribution < 1.29 is 4.79 Å². The Labute approximate surface area is 83.1 Å². The van der Waals surface area contributed by atoms with E-state index in [4.69, 9.17) is 5.73 Å². The smallest absolute Gasteiger partial charge is 0.250 e. The number of aromatic nitrogens is 1. The fourth-order valence-electron chi connectivity index (χ4n) is 1.36. The van der Waals surface area contributed by atoms with Gasteiger partial charge in [-0.2, -0.15) is 0 Å². The summed E-state index contributed by atoms with van der Waals surface area (Å²) in [5.74, 6) is -0.419. The van der Waals surface area contributed by atoms with E-state index in [0.29, 0.717) is 5.56 Å². The maximum absolute atomic E-state index is 11.1. The molecule has 1 aromatic carbocycles. The van der Waals surface area contributed by atoms with Gasteiger partial charge in [-0.3, -0.25) is 4.79 Å². The normalized spacial score (nSPS) is 10.5. The lowest BCUT2D eigenvalue weighted by atomic mass is 10.1. The van der Waals surface area contributed by atoms with Crippen molar-refractivity contribution in [3.63, 3.8) is 0 Å². The SMILES string of the molecule is NC(=O)c1c(Br)ccc2[nH]ccc12. The first-order valence-corrected chi connectivity index (χ1v) is 4.55. The van der Waals surface area contributed by atoms with Crippen LogP contribution in [0.1, 0.15) is 10.4 Å². The number of carbonyl (C=O) groups excluding carboxylic acids is 1. The molecule has 0 saturated carbocycles. The van der Waals surface area contributed by atoms with E-state index in [0.717, 1.165) is 15.4 Å². The van der Waals surface area contributed by atoms with Gasteiger partial charge in [0.1, 0.15) is 0 Å². The Morgan fingerprint density at radius 1 is 1.38 bits per heavy atom. The molecule has 3 nitrogen and oxygen atoms in total. The molecule has 2 rings (SSSR count). The minimum atomic E-state index is -0.419. The van der Waals surface area contributed by atoms with Crippen LogP contribution in [0.2, 0.25) is 0 Å². The number of hydrogen-bond donors (Lipinski definition) is 2. The molecule has 66 valence electrons. The molecule has 2 aromatic rings. The molecule has 0 bridgehead atoms. The van der Waals surface area contributed by atoms with Crippen LogP contribution in [0.5, 0.6) is 0 Å². The highest BCUT2D eigenvalue weighted by molar-refractivity contribution is 9.10. The van der Waals surface area contributed by atoms with Crippen LogP contribution in [-0.2, 0) is 0 Å². The van der Waals surface area contributed by atoms with Crippen molar-refractivity contribution >= 4 is 32.7 Å². The molecule has 1 aromatic heterocycles. The summed E-state index contributed by atoms with van der Waals surface area (Å²) >= 11 is 3.29. The van der Waals surface area contributed by atoms with Gasteiger partial charge in [-0.05, 0) is 34.1 Å². The Bertz CT molecular complexity index is 475. The second kappa shape index (κ2) is 2.88. The molecule has 0 aliphatic rings. The number of fused-ring (bicyclic) bond motifs is 1. The summed E-state index contributed by atoms with van der Waals surface area (Å²) in [6, 6.07) is 5.53. The van der Waals surface area contributed by atoms with Gasteiger partial charge in [-0.25, -0.2) is 0 Å². The second-order valence-corrected chi connectivity index (χ2v) is 3.58. The third-order valence-electron chi connectivity index (χ3n) is 1.93. The van der Waals surface area contributed by atoms with Gasteiger partial charge >= 0.3 is 0 Å². The zero-order valence-electron chi connectivity index (χ0n) is 6.67. The van der Waals surface area contributed by atoms with Gasteiger partial charge in [-0.15, -0.1) is 0 Å². The highest BCUT2D eigenvalue weighted by atomic mass is 79.9. The zero-order valence-corrected chi connectivity index (χ0v) is 8.26. The zero-order chi connectivity index (χ0) is 9.42. The van der Waals surface area contributed by atoms with Crippen LogP contribution in [-0.4, -0.2) is 10.9 Å². The van der Waals surface area contributed by atoms with Crippen LogP contribution in [0.4, 0.5) is 0 Å². The number of halogens is 1. The van der Waals surface area contributed by atoms with E-state index in [1.165, 1.54) is 0 Å². The summed E-state index contributed by atoms with van der Waals surface area (Å²) in [7, 11) is 0. The Kier molecular flexibility index (Phi) is 1.84. The predicted octanol–water partition coefficient (Wildman–Crippen LogP) is 2.03. The number of primary amides is 1. The van der Waals surface area contributed by atoms with Gasteiger partial charge in [0.15, 0.2) is 0 Å². The standard InChI is InChI=1S/C9H7BrN2O/c10-6-1-2-7-5(3-4-12-7)8(6)9(11)13/h1-4,12H,(H2,11,13). The summed E-state index contributed by atoms with van der Waals surface area (Å²) in [5.41, 5.74) is 6.70. The first kappa shape index (κ1) is 8.31. The van der Waals surface area contributed by atoms with Crippen molar-refractivity contribution in [2.45, 2.75) is 0 Å². The number of amides is 1. The van der Waals surface area contributed by atoms with Crippen LogP contribution in [0.15, 0.2) is 28.9 Å². The average molecular weight is 239 g/mol. The maximum Gasteiger partial charge on any atom is 0.250 e. The number of H-pyrrole nitrogens is 1. The average Bonchev–Trinajstić information content (AvgIpc) is 2.50. The van der Waals surface area contributed by atoms with E-state index in [2.05, 4.69) is 20.9 Å². The largest absolute Gasteiger partial charge is 0.366 e. The molecule has 0 saturated heterocycles. The van der Waals surface area contributed by atoms with Crippen molar-refractivity contribution in [1.82, 2.24) is 4.98 Å². The Morgan fingerprint density at radius 3 is 2.85 bits per heavy atom. The van der Waals surface area contributed by atoms with Crippen molar-refractivity contribution in [3.05, 3.63) is 34.4 Å². The monoisotopic (exact) mass is 238 g/mol. The molecule has 0 unspecified atom stereocenters. The number of benzene rings is 1. The van der Waals surface area contributed by atoms with Crippen molar-refractivity contribution in [1.29, 1.82) is 0 Å². The summed E-state index contributed by atoms with van der Waals surface area (Å²) in [5, 5.41) is 0.849. The molecule has 1 heterocycles. The molecule has 0 spiro atoms. The van der Waals surface area contributed by atoms with Crippen LogP contribution in [0.3, 0.4) is 0 Å². The number of nitrogens with two attached hydrogens (primary N) is 1. The maximum atomic E-state index is 11.1. The van der Waals surface area contributed by atoms with Crippen molar-refractivity contribution in [2.75, 3.05) is 0 Å². The lowest BCUT2D eigenvalue weighted by Gasteiger charge is -2.00. The molecule has 3 N–H and O–H groups in total. The van der Waals surface area contributed by atoms with Crippen LogP contribution < -0.4 is 5.73 Å². The fourth-order valence-corrected chi connectivity index (χ4v) is 1.90. The lowest BCUT2D eigenvalue weighted by Crippen LogP contribution is -2.11. The molecular formula is C9H7BrN2O. The summed E-state index contributed by atoms with van der Waals surface area (Å²) in [4.78, 5) is 14.1. The van der Waals surface area contributed by atoms with E-state index in [1.807, 2.05) is 12.1 Å². The summed E-state index contributed by atoms with van der Waals surface area (Å²) < 4.78 is 0.729. The molecule has 0 aliphatic carbocycles. The van der Waals surface area contributed by atoms with Crippen molar-refractivity contribution in [2.24, 2.45) is 5.73 Å². The number of hydrogen-bond acceptors (Lipinski definition) is 1. The van der Waals surface area contributed by atoms with Crippen LogP contribution >= 0.6 is 15.9 Å². The van der Waals surface area contributed by atoms with Gasteiger partial charge in [0, 0.05) is 21.6 Å². The minimum Gasteiger partial charge on any atom is -0.366 e. The van der Waals surface area contributed by atoms with E-state index < -0.39 is 5.91 Å². The number of carbonyl (C=O) groups is 1. The summed E-state index contributed by atoms with van der Waals surface area (Å²) in [6.07, 6.45) is 1.78. The van der Waals surface area contributed by atoms with Gasteiger partial charge in [0.05, 0.1) is 5.56 Å². The molecule has 1 amide bonds. The second-order valence-electron chi connectivity index (χ2n) is 2.73. The predicted molar refractivity (Wildman–Crippen MR) is 54.5 cm³/mol. The fraction of sp³-hybridized carbons (Fsp3) is 0. The van der Waals surface area contributed by atoms with Gasteiger partial charge < -0.3 is 10.7 Å². The Hall–Kier alpha value is -1.29. The third kappa shape index (κ3) is 1.23. The van der Waals surface area contributed by atoms with E-state index in [1.54, 1.807) is 12.3 Å². The van der Waals surface area contributed by atoms with Crippen molar-refractivity contribution in [3.8, 4) is 0 Å². The molecular weight excluding hydrogens is 232 g/mol. The van der Waals surface area contributed by atoms with E-state index in [9.17, 15) is 4.79 Å². The highest BCUT2D eigenvalue weighted by Gasteiger charge is 2.10. The van der Waals surface area contributed by atoms with Gasteiger partial charge in [0.2, 0.25) is 0 Å². The number of aromatic amines is 1. The highest BCUT2D eigenvalue weighted by Crippen LogP contribution is 2.25. The molecule has 0 fully saturated rings. The van der Waals surface area contributed by atoms with E-state index in [-0.39, 0.29) is 0 Å². The molecule has 0 radical (unpaired) electrons. The number of nitrogens with one attached hydrogen (secondary N) is 1. The topological polar surface area (TPSA) is 58.9 Å². The number of rotatable bonds is 1. The first-order valence-electron chi connectivity index (χ1n) is 3.75. The Morgan fingerprint density at radius 2 is 2.15 bits per heavy atom. The molecule has 4 heteroatoms. The molecule has 0 aliphatic heterocycles. The van der Waals surface area contributed by atoms with E-state index >= 15 is 0 Å². The summed E-state index contributed by atoms with van der Waals surface area (Å²) in [6.45, 7) is 0. The van der Waals surface area contributed by atoms with Gasteiger partial charge in [-0.1, -0.05) is 0 Å². The molecule has 13 heavy (non-hydrogen) atoms. The van der Waals surface area contributed by atoms with Gasteiger partial charge in [0.25, 0.3) is 5.91 Å². The van der Waals surface area contributed by atoms with Crippen LogP contribution in [0, 0.1) is 0 Å².